The number of methoxy groups -OCH3 is 1. The maximum atomic E-state index is 12.5. The summed E-state index contributed by atoms with van der Waals surface area (Å²) in [5.74, 6) is -1.12. The highest BCUT2D eigenvalue weighted by Crippen LogP contribution is 2.22. The molecule has 0 aliphatic rings. The Balaban J connectivity index is 2.15. The molecule has 0 aliphatic carbocycles. The molecule has 25 heavy (non-hydrogen) atoms. The van der Waals surface area contributed by atoms with Gasteiger partial charge in [-0.1, -0.05) is 59.6 Å². The summed E-state index contributed by atoms with van der Waals surface area (Å²) in [6, 6.07) is 13.0. The number of hydrogen-bond acceptors (Lipinski definition) is 3. The second-order valence-corrected chi connectivity index (χ2v) is 6.27. The van der Waals surface area contributed by atoms with Crippen molar-refractivity contribution in [2.75, 3.05) is 7.11 Å². The molecule has 2 amide bonds. The Kier molecular flexibility index (Phi) is 6.82. The molecule has 0 heterocycles. The van der Waals surface area contributed by atoms with E-state index in [1.54, 1.807) is 42.5 Å². The molecule has 3 N–H and O–H groups in total. The third kappa shape index (κ3) is 5.19. The molecule has 0 unspecified atom stereocenters. The lowest BCUT2D eigenvalue weighted by atomic mass is 10.0. The predicted molar refractivity (Wildman–Crippen MR) is 97.5 cm³/mol. The van der Waals surface area contributed by atoms with Crippen LogP contribution in [0.5, 0.6) is 0 Å². The van der Waals surface area contributed by atoms with Gasteiger partial charge in [0, 0.05) is 23.6 Å². The van der Waals surface area contributed by atoms with Crippen molar-refractivity contribution in [3.63, 3.8) is 0 Å². The molecule has 0 saturated carbocycles. The van der Waals surface area contributed by atoms with Crippen LogP contribution in [-0.4, -0.2) is 25.0 Å². The summed E-state index contributed by atoms with van der Waals surface area (Å²) in [5.41, 5.74) is 6.76. The van der Waals surface area contributed by atoms with Gasteiger partial charge < -0.3 is 15.8 Å². The van der Waals surface area contributed by atoms with Crippen molar-refractivity contribution < 1.29 is 14.3 Å². The van der Waals surface area contributed by atoms with Gasteiger partial charge in [0.15, 0.2) is 6.10 Å². The zero-order chi connectivity index (χ0) is 18.4. The highest BCUT2D eigenvalue weighted by Gasteiger charge is 2.26. The number of nitrogens with two attached hydrogens (primary N) is 1. The first-order valence-electron chi connectivity index (χ1n) is 7.53. The fraction of sp³-hybridized carbons (Fsp3) is 0.222. The first-order valence-corrected chi connectivity index (χ1v) is 8.29. The summed E-state index contributed by atoms with van der Waals surface area (Å²) in [4.78, 5) is 24.3. The van der Waals surface area contributed by atoms with E-state index in [1.807, 2.05) is 6.07 Å². The minimum Gasteiger partial charge on any atom is -0.368 e. The number of carbonyl (C=O) groups excluding carboxylic acids is 2. The van der Waals surface area contributed by atoms with E-state index in [0.717, 1.165) is 0 Å². The third-order valence-electron chi connectivity index (χ3n) is 3.68. The van der Waals surface area contributed by atoms with E-state index in [9.17, 15) is 9.59 Å². The molecule has 0 spiro atoms. The van der Waals surface area contributed by atoms with Gasteiger partial charge in [0.2, 0.25) is 5.91 Å². The van der Waals surface area contributed by atoms with E-state index in [2.05, 4.69) is 5.32 Å². The molecule has 2 atom stereocenters. The van der Waals surface area contributed by atoms with Gasteiger partial charge in [-0.3, -0.25) is 9.59 Å². The summed E-state index contributed by atoms with van der Waals surface area (Å²) in [5, 5.41) is 3.51. The van der Waals surface area contributed by atoms with Crippen LogP contribution in [0, 0.1) is 0 Å². The molecule has 132 valence electrons. The van der Waals surface area contributed by atoms with Crippen molar-refractivity contribution in [1.29, 1.82) is 0 Å². The van der Waals surface area contributed by atoms with Crippen molar-refractivity contribution in [2.24, 2.45) is 5.73 Å². The summed E-state index contributed by atoms with van der Waals surface area (Å²) in [6.45, 7) is 0. The fourth-order valence-corrected chi connectivity index (χ4v) is 2.89. The van der Waals surface area contributed by atoms with E-state index in [-0.39, 0.29) is 6.42 Å². The van der Waals surface area contributed by atoms with Crippen molar-refractivity contribution in [2.45, 2.75) is 18.6 Å². The molecule has 0 bridgehead atoms. The molecule has 2 aromatic rings. The smallest absolute Gasteiger partial charge is 0.254 e. The van der Waals surface area contributed by atoms with E-state index < -0.39 is 24.0 Å². The van der Waals surface area contributed by atoms with Gasteiger partial charge in [0.25, 0.3) is 5.91 Å². The van der Waals surface area contributed by atoms with E-state index in [1.165, 1.54) is 7.11 Å². The van der Waals surface area contributed by atoms with Crippen molar-refractivity contribution in [3.8, 4) is 0 Å². The molecule has 0 radical (unpaired) electrons. The Labute approximate surface area is 156 Å². The largest absolute Gasteiger partial charge is 0.368 e. The maximum absolute atomic E-state index is 12.5. The van der Waals surface area contributed by atoms with Crippen LogP contribution in [0.3, 0.4) is 0 Å². The van der Waals surface area contributed by atoms with E-state index in [0.29, 0.717) is 21.2 Å². The first kappa shape index (κ1) is 19.2. The second kappa shape index (κ2) is 8.85. The Morgan fingerprint density at radius 2 is 1.84 bits per heavy atom. The van der Waals surface area contributed by atoms with Crippen LogP contribution in [0.4, 0.5) is 0 Å². The zero-order valence-corrected chi connectivity index (χ0v) is 15.1. The fourth-order valence-electron chi connectivity index (χ4n) is 2.40. The van der Waals surface area contributed by atoms with Gasteiger partial charge in [-0.05, 0) is 23.3 Å². The van der Waals surface area contributed by atoms with Crippen LogP contribution >= 0.6 is 23.2 Å². The van der Waals surface area contributed by atoms with Crippen LogP contribution in [-0.2, 0) is 20.7 Å². The number of benzene rings is 2. The molecule has 0 fully saturated rings. The third-order valence-corrected chi connectivity index (χ3v) is 4.26. The molecule has 0 aromatic heterocycles. The summed E-state index contributed by atoms with van der Waals surface area (Å²) >= 11 is 12.0. The first-order chi connectivity index (χ1) is 11.9. The number of ether oxygens (including phenoxy) is 1. The molecule has 5 nitrogen and oxygen atoms in total. The number of amides is 2. The highest BCUT2D eigenvalue weighted by molar-refractivity contribution is 6.35. The average molecular weight is 381 g/mol. The van der Waals surface area contributed by atoms with Crippen molar-refractivity contribution in [1.82, 2.24) is 5.32 Å². The number of carbonyl (C=O) groups is 2. The van der Waals surface area contributed by atoms with Gasteiger partial charge in [-0.25, -0.2) is 0 Å². The van der Waals surface area contributed by atoms with Gasteiger partial charge >= 0.3 is 0 Å². The quantitative estimate of drug-likeness (QED) is 0.774. The molecular formula is C18H18Cl2N2O3. The van der Waals surface area contributed by atoms with Gasteiger partial charge in [0.05, 0.1) is 0 Å². The zero-order valence-electron chi connectivity index (χ0n) is 13.5. The highest BCUT2D eigenvalue weighted by atomic mass is 35.5. The van der Waals surface area contributed by atoms with Crippen molar-refractivity contribution in [3.05, 3.63) is 69.7 Å². The minimum absolute atomic E-state index is 0.155. The monoisotopic (exact) mass is 380 g/mol. The molecule has 2 rings (SSSR count). The van der Waals surface area contributed by atoms with Crippen LogP contribution in [0.15, 0.2) is 48.5 Å². The topological polar surface area (TPSA) is 81.4 Å². The lowest BCUT2D eigenvalue weighted by Gasteiger charge is -2.21. The SMILES string of the molecule is CO[C@H](C(=O)N[C@@H](Cc1ccc(Cl)cc1Cl)C(N)=O)c1ccccc1. The Morgan fingerprint density at radius 3 is 2.40 bits per heavy atom. The molecule has 0 saturated heterocycles. The van der Waals surface area contributed by atoms with Crippen LogP contribution in [0.25, 0.3) is 0 Å². The van der Waals surface area contributed by atoms with Gasteiger partial charge in [0.1, 0.15) is 6.04 Å². The summed E-state index contributed by atoms with van der Waals surface area (Å²) in [6.07, 6.45) is -0.689. The van der Waals surface area contributed by atoms with Crippen LogP contribution in [0.1, 0.15) is 17.2 Å². The number of primary amides is 1. The summed E-state index contributed by atoms with van der Waals surface area (Å²) < 4.78 is 5.26. The normalized spacial score (nSPS) is 13.1. The Hall–Kier alpha value is -2.08. The minimum atomic E-state index is -0.924. The molecule has 7 heteroatoms. The number of nitrogens with one attached hydrogen (secondary N) is 1. The molecule has 0 aliphatic heterocycles. The number of hydrogen-bond donors (Lipinski definition) is 2. The van der Waals surface area contributed by atoms with Crippen LogP contribution in [0.2, 0.25) is 10.0 Å². The maximum Gasteiger partial charge on any atom is 0.254 e. The van der Waals surface area contributed by atoms with Gasteiger partial charge in [-0.15, -0.1) is 0 Å². The molecular weight excluding hydrogens is 363 g/mol. The Morgan fingerprint density at radius 1 is 1.16 bits per heavy atom. The second-order valence-electron chi connectivity index (χ2n) is 5.43. The van der Waals surface area contributed by atoms with E-state index in [4.69, 9.17) is 33.7 Å². The lowest BCUT2D eigenvalue weighted by molar-refractivity contribution is -0.134. The average Bonchev–Trinajstić information content (AvgIpc) is 2.58. The van der Waals surface area contributed by atoms with Crippen LogP contribution < -0.4 is 11.1 Å². The predicted octanol–water partition coefficient (Wildman–Crippen LogP) is 2.89. The van der Waals surface area contributed by atoms with Crippen molar-refractivity contribution >= 4 is 35.0 Å². The van der Waals surface area contributed by atoms with Gasteiger partial charge in [-0.2, -0.15) is 0 Å². The molecule has 2 aromatic carbocycles. The summed E-state index contributed by atoms with van der Waals surface area (Å²) in [7, 11) is 1.42. The standard InChI is InChI=1S/C18H18Cl2N2O3/c1-25-16(11-5-3-2-4-6-11)18(24)22-15(17(21)23)9-12-7-8-13(19)10-14(12)20/h2-8,10,15-16H,9H2,1H3,(H2,21,23)(H,22,24)/t15-,16-/m0/s1. The Bertz CT molecular complexity index is 753. The lowest BCUT2D eigenvalue weighted by Crippen LogP contribution is -2.47. The van der Waals surface area contributed by atoms with E-state index >= 15 is 0 Å². The number of halogens is 2. The number of rotatable bonds is 7.